The quantitative estimate of drug-likeness (QED) is 0.668. The second kappa shape index (κ2) is 10.3. The van der Waals surface area contributed by atoms with Gasteiger partial charge in [-0.25, -0.2) is 0 Å². The van der Waals surface area contributed by atoms with Crippen molar-refractivity contribution in [1.82, 2.24) is 15.2 Å². The number of aromatic nitrogens is 1. The Bertz CT molecular complexity index is 690. The van der Waals surface area contributed by atoms with E-state index in [9.17, 15) is 5.11 Å². The summed E-state index contributed by atoms with van der Waals surface area (Å²) in [6.45, 7) is 4.64. The van der Waals surface area contributed by atoms with Gasteiger partial charge in [0, 0.05) is 37.6 Å². The molecule has 3 rings (SSSR count). The van der Waals surface area contributed by atoms with Crippen LogP contribution in [0, 0.1) is 0 Å². The van der Waals surface area contributed by atoms with E-state index in [1.807, 2.05) is 30.3 Å². The molecule has 0 saturated carbocycles. The normalized spacial score (nSPS) is 15.6. The number of aliphatic hydroxyl groups excluding tert-OH is 1. The van der Waals surface area contributed by atoms with Crippen LogP contribution < -0.4 is 14.8 Å². The number of ether oxygens (including phenoxy) is 2. The molecule has 0 aliphatic carbocycles. The van der Waals surface area contributed by atoms with Crippen LogP contribution in [0.2, 0.25) is 0 Å². The molecule has 1 atom stereocenters. The van der Waals surface area contributed by atoms with Crippen LogP contribution in [0.25, 0.3) is 0 Å². The van der Waals surface area contributed by atoms with Gasteiger partial charge in [0.2, 0.25) is 0 Å². The molecule has 1 saturated heterocycles. The molecule has 1 aromatic heterocycles. The molecule has 6 heteroatoms. The SMILES string of the molecule is COc1ccc(CNCC(O)CN2CCCC2)cc1OCc1cccnc1. The summed E-state index contributed by atoms with van der Waals surface area (Å²) in [7, 11) is 1.64. The van der Waals surface area contributed by atoms with Crippen LogP contribution in [0.3, 0.4) is 0 Å². The van der Waals surface area contributed by atoms with E-state index in [4.69, 9.17) is 9.47 Å². The Hall–Kier alpha value is -2.15. The number of hydrogen-bond acceptors (Lipinski definition) is 6. The van der Waals surface area contributed by atoms with Gasteiger partial charge in [0.05, 0.1) is 13.2 Å². The van der Waals surface area contributed by atoms with Gasteiger partial charge in [-0.1, -0.05) is 12.1 Å². The van der Waals surface area contributed by atoms with Crippen LogP contribution in [0.1, 0.15) is 24.0 Å². The zero-order valence-corrected chi connectivity index (χ0v) is 15.9. The molecule has 0 bridgehead atoms. The fourth-order valence-corrected chi connectivity index (χ4v) is 3.30. The van der Waals surface area contributed by atoms with Gasteiger partial charge < -0.3 is 24.8 Å². The van der Waals surface area contributed by atoms with Gasteiger partial charge >= 0.3 is 0 Å². The Kier molecular flexibility index (Phi) is 7.45. The van der Waals surface area contributed by atoms with E-state index in [-0.39, 0.29) is 6.10 Å². The van der Waals surface area contributed by atoms with Gasteiger partial charge in [-0.2, -0.15) is 0 Å². The van der Waals surface area contributed by atoms with Crippen LogP contribution in [0.15, 0.2) is 42.7 Å². The van der Waals surface area contributed by atoms with Crippen molar-refractivity contribution in [3.8, 4) is 11.5 Å². The van der Waals surface area contributed by atoms with E-state index in [2.05, 4.69) is 15.2 Å². The van der Waals surface area contributed by atoms with E-state index in [0.29, 0.717) is 31.2 Å². The minimum atomic E-state index is -0.345. The number of β-amino-alcohol motifs (C(OH)–C–C–N with tert-alkyl or cyclic N) is 1. The number of nitrogens with one attached hydrogen (secondary N) is 1. The molecule has 6 nitrogen and oxygen atoms in total. The molecule has 146 valence electrons. The van der Waals surface area contributed by atoms with Gasteiger partial charge in [-0.3, -0.25) is 4.98 Å². The smallest absolute Gasteiger partial charge is 0.161 e. The maximum Gasteiger partial charge on any atom is 0.161 e. The Balaban J connectivity index is 1.49. The van der Waals surface area contributed by atoms with Crippen molar-refractivity contribution >= 4 is 0 Å². The molecule has 1 aliphatic rings. The third kappa shape index (κ3) is 6.20. The molecule has 1 fully saturated rings. The zero-order valence-electron chi connectivity index (χ0n) is 15.9. The topological polar surface area (TPSA) is 66.8 Å². The highest BCUT2D eigenvalue weighted by atomic mass is 16.5. The molecule has 1 aliphatic heterocycles. The Morgan fingerprint density at radius 1 is 1.19 bits per heavy atom. The predicted octanol–water partition coefficient (Wildman–Crippen LogP) is 2.22. The van der Waals surface area contributed by atoms with E-state index in [1.165, 1.54) is 12.8 Å². The molecule has 27 heavy (non-hydrogen) atoms. The molecule has 1 aromatic carbocycles. The van der Waals surface area contributed by atoms with E-state index >= 15 is 0 Å². The number of aliphatic hydroxyl groups is 1. The van der Waals surface area contributed by atoms with Crippen LogP contribution in [0.4, 0.5) is 0 Å². The summed E-state index contributed by atoms with van der Waals surface area (Å²) < 4.78 is 11.3. The first-order chi connectivity index (χ1) is 13.2. The van der Waals surface area contributed by atoms with Gasteiger partial charge in [-0.15, -0.1) is 0 Å². The number of pyridine rings is 1. The van der Waals surface area contributed by atoms with E-state index in [0.717, 1.165) is 30.8 Å². The lowest BCUT2D eigenvalue weighted by atomic mass is 10.2. The van der Waals surface area contributed by atoms with Gasteiger partial charge in [0.25, 0.3) is 0 Å². The van der Waals surface area contributed by atoms with Gasteiger partial charge in [0.1, 0.15) is 6.61 Å². The minimum Gasteiger partial charge on any atom is -0.493 e. The average Bonchev–Trinajstić information content (AvgIpc) is 3.20. The van der Waals surface area contributed by atoms with Crippen molar-refractivity contribution in [1.29, 1.82) is 0 Å². The third-order valence-corrected chi connectivity index (χ3v) is 4.72. The van der Waals surface area contributed by atoms with Crippen LogP contribution >= 0.6 is 0 Å². The Morgan fingerprint density at radius 3 is 2.78 bits per heavy atom. The average molecular weight is 371 g/mol. The number of methoxy groups -OCH3 is 1. The number of rotatable bonds is 10. The lowest BCUT2D eigenvalue weighted by molar-refractivity contribution is 0.123. The van der Waals surface area contributed by atoms with Gasteiger partial charge in [-0.05, 0) is 49.7 Å². The largest absolute Gasteiger partial charge is 0.493 e. The van der Waals surface area contributed by atoms with Crippen molar-refractivity contribution in [3.63, 3.8) is 0 Å². The summed E-state index contributed by atoms with van der Waals surface area (Å²) in [6.07, 6.45) is 5.68. The predicted molar refractivity (Wildman–Crippen MR) is 105 cm³/mol. The standard InChI is InChI=1S/C21H29N3O3/c1-26-20-7-6-17(11-21(20)27-16-18-5-4-8-22-13-18)12-23-14-19(25)15-24-9-2-3-10-24/h4-8,11,13,19,23,25H,2-3,9-10,12,14-16H2,1H3. The maximum absolute atomic E-state index is 10.2. The summed E-state index contributed by atoms with van der Waals surface area (Å²) >= 11 is 0. The number of benzene rings is 1. The highest BCUT2D eigenvalue weighted by Crippen LogP contribution is 2.28. The second-order valence-electron chi connectivity index (χ2n) is 6.93. The minimum absolute atomic E-state index is 0.345. The molecule has 0 radical (unpaired) electrons. The van der Waals surface area contributed by atoms with Crippen molar-refractivity contribution in [3.05, 3.63) is 53.9 Å². The molecule has 2 heterocycles. The summed E-state index contributed by atoms with van der Waals surface area (Å²) in [5, 5.41) is 13.5. The van der Waals surface area contributed by atoms with E-state index < -0.39 is 0 Å². The molecular weight excluding hydrogens is 342 g/mol. The molecular formula is C21H29N3O3. The van der Waals surface area contributed by atoms with Crippen LogP contribution in [-0.2, 0) is 13.2 Å². The number of hydrogen-bond donors (Lipinski definition) is 2. The van der Waals surface area contributed by atoms with Crippen LogP contribution in [-0.4, -0.2) is 54.4 Å². The number of likely N-dealkylation sites (tertiary alicyclic amines) is 1. The summed E-state index contributed by atoms with van der Waals surface area (Å²) in [5.74, 6) is 1.41. The lowest BCUT2D eigenvalue weighted by Crippen LogP contribution is -2.36. The lowest BCUT2D eigenvalue weighted by Gasteiger charge is -2.19. The first kappa shape index (κ1) is 19.6. The van der Waals surface area contributed by atoms with Crippen molar-refractivity contribution in [2.75, 3.05) is 33.3 Å². The van der Waals surface area contributed by atoms with Gasteiger partial charge in [0.15, 0.2) is 11.5 Å². The zero-order chi connectivity index (χ0) is 18.9. The molecule has 0 spiro atoms. The van der Waals surface area contributed by atoms with Crippen molar-refractivity contribution in [2.24, 2.45) is 0 Å². The second-order valence-corrected chi connectivity index (χ2v) is 6.93. The summed E-state index contributed by atoms with van der Waals surface area (Å²) in [4.78, 5) is 6.43. The van der Waals surface area contributed by atoms with Crippen molar-refractivity contribution < 1.29 is 14.6 Å². The van der Waals surface area contributed by atoms with E-state index in [1.54, 1.807) is 19.5 Å². The Labute approximate surface area is 161 Å². The first-order valence-corrected chi connectivity index (χ1v) is 9.54. The fraction of sp³-hybridized carbons (Fsp3) is 0.476. The molecule has 2 N–H and O–H groups in total. The fourth-order valence-electron chi connectivity index (χ4n) is 3.30. The molecule has 0 amide bonds. The molecule has 2 aromatic rings. The highest BCUT2D eigenvalue weighted by Gasteiger charge is 2.15. The monoisotopic (exact) mass is 371 g/mol. The third-order valence-electron chi connectivity index (χ3n) is 4.72. The first-order valence-electron chi connectivity index (χ1n) is 9.54. The Morgan fingerprint density at radius 2 is 2.04 bits per heavy atom. The summed E-state index contributed by atoms with van der Waals surface area (Å²) in [6, 6.07) is 9.78. The van der Waals surface area contributed by atoms with Crippen LogP contribution in [0.5, 0.6) is 11.5 Å². The highest BCUT2D eigenvalue weighted by molar-refractivity contribution is 5.43. The number of nitrogens with zero attached hydrogens (tertiary/aromatic N) is 2. The maximum atomic E-state index is 10.2. The summed E-state index contributed by atoms with van der Waals surface area (Å²) in [5.41, 5.74) is 2.10. The molecule has 1 unspecified atom stereocenters. The van der Waals surface area contributed by atoms with Crippen molar-refractivity contribution in [2.45, 2.75) is 32.1 Å².